The highest BCUT2D eigenvalue weighted by Crippen LogP contribution is 2.24. The molecular weight excluding hydrogens is 284 g/mol. The van der Waals surface area contributed by atoms with Crippen LogP contribution in [0.1, 0.15) is 25.0 Å². The van der Waals surface area contributed by atoms with Crippen LogP contribution >= 0.6 is 0 Å². The monoisotopic (exact) mass is 304 g/mol. The van der Waals surface area contributed by atoms with Crippen LogP contribution < -0.4 is 10.6 Å². The molecule has 1 aromatic carbocycles. The molecule has 0 radical (unpaired) electrons. The van der Waals surface area contributed by atoms with Crippen molar-refractivity contribution in [3.8, 4) is 0 Å². The van der Waals surface area contributed by atoms with Crippen LogP contribution in [-0.4, -0.2) is 22.0 Å². The summed E-state index contributed by atoms with van der Waals surface area (Å²) in [5, 5.41) is 23.4. The fraction of sp³-hybridized carbons (Fsp3) is 0.250. The van der Waals surface area contributed by atoms with Crippen LogP contribution in [0.4, 0.5) is 11.4 Å². The second-order valence-electron chi connectivity index (χ2n) is 5.03. The van der Waals surface area contributed by atoms with Crippen LogP contribution in [-0.2, 0) is 9.59 Å². The van der Waals surface area contributed by atoms with E-state index in [1.807, 2.05) is 0 Å². The molecule has 6 heteroatoms. The highest BCUT2D eigenvalue weighted by Gasteiger charge is 2.09. The Labute approximate surface area is 129 Å². The number of aliphatic hydroxyl groups is 2. The molecule has 22 heavy (non-hydrogen) atoms. The van der Waals surface area contributed by atoms with E-state index in [4.69, 9.17) is 10.2 Å². The van der Waals surface area contributed by atoms with Gasteiger partial charge in [-0.2, -0.15) is 0 Å². The lowest BCUT2D eigenvalue weighted by Crippen LogP contribution is -2.13. The van der Waals surface area contributed by atoms with Gasteiger partial charge < -0.3 is 20.8 Å². The Morgan fingerprint density at radius 2 is 1.18 bits per heavy atom. The second-order valence-corrected chi connectivity index (χ2v) is 5.03. The third kappa shape index (κ3) is 5.32. The highest BCUT2D eigenvalue weighted by molar-refractivity contribution is 6.02. The summed E-state index contributed by atoms with van der Waals surface area (Å²) >= 11 is 0. The number of carbonyl (C=O) groups is 2. The van der Waals surface area contributed by atoms with Gasteiger partial charge in [-0.1, -0.05) is 0 Å². The van der Waals surface area contributed by atoms with Gasteiger partial charge in [0.2, 0.25) is 0 Å². The van der Waals surface area contributed by atoms with Gasteiger partial charge in [-0.05, 0) is 51.0 Å². The molecule has 0 spiro atoms. The molecule has 0 aromatic heterocycles. The minimum Gasteiger partial charge on any atom is -0.512 e. The molecule has 1 rings (SSSR count). The van der Waals surface area contributed by atoms with Crippen LogP contribution in [0, 0.1) is 13.8 Å². The number of rotatable bonds is 4. The Kier molecular flexibility index (Phi) is 5.74. The van der Waals surface area contributed by atoms with Crippen molar-refractivity contribution in [3.05, 3.63) is 46.9 Å². The number of aliphatic hydroxyl groups excluding tert-OH is 2. The molecule has 1 aromatic rings. The molecule has 0 heterocycles. The van der Waals surface area contributed by atoms with E-state index < -0.39 is 11.8 Å². The molecule has 0 fully saturated rings. The predicted octanol–water partition coefficient (Wildman–Crippen LogP) is 3.10. The maximum atomic E-state index is 11.6. The van der Waals surface area contributed by atoms with Crippen LogP contribution in [0.5, 0.6) is 0 Å². The zero-order valence-corrected chi connectivity index (χ0v) is 13.0. The fourth-order valence-electron chi connectivity index (χ4n) is 1.80. The zero-order valence-electron chi connectivity index (χ0n) is 13.0. The molecule has 4 N–H and O–H groups in total. The van der Waals surface area contributed by atoms with Gasteiger partial charge in [0.1, 0.15) is 0 Å². The summed E-state index contributed by atoms with van der Waals surface area (Å²) in [6.07, 6.45) is 2.17. The number of carbonyl (C=O) groups excluding carboxylic acids is 2. The third-order valence-corrected chi connectivity index (χ3v) is 2.77. The van der Waals surface area contributed by atoms with E-state index in [1.54, 1.807) is 26.0 Å². The smallest absolute Gasteiger partial charge is 0.251 e. The fourth-order valence-corrected chi connectivity index (χ4v) is 1.80. The summed E-state index contributed by atoms with van der Waals surface area (Å²) in [6.45, 7) is 6.39. The quantitative estimate of drug-likeness (QED) is 0.507. The predicted molar refractivity (Wildman–Crippen MR) is 85.9 cm³/mol. The van der Waals surface area contributed by atoms with Crippen molar-refractivity contribution >= 4 is 23.2 Å². The maximum Gasteiger partial charge on any atom is 0.251 e. The van der Waals surface area contributed by atoms with Crippen molar-refractivity contribution in [1.82, 2.24) is 0 Å². The van der Waals surface area contributed by atoms with Gasteiger partial charge >= 0.3 is 0 Å². The number of nitrogens with one attached hydrogen (secondary N) is 2. The normalized spacial score (nSPS) is 12.0. The van der Waals surface area contributed by atoms with Gasteiger partial charge in [-0.25, -0.2) is 0 Å². The summed E-state index contributed by atoms with van der Waals surface area (Å²) in [5.74, 6) is -1.03. The minimum atomic E-state index is -0.432. The lowest BCUT2D eigenvalue weighted by Gasteiger charge is -2.13. The summed E-state index contributed by atoms with van der Waals surface area (Å²) in [7, 11) is 0. The van der Waals surface area contributed by atoms with E-state index in [1.165, 1.54) is 13.8 Å². The first kappa shape index (κ1) is 17.3. The highest BCUT2D eigenvalue weighted by atomic mass is 16.3. The first-order chi connectivity index (χ1) is 10.2. The number of benzene rings is 1. The molecule has 2 amide bonds. The minimum absolute atomic E-state index is 0.0816. The molecule has 118 valence electrons. The lowest BCUT2D eigenvalue weighted by molar-refractivity contribution is -0.112. The molecule has 0 aliphatic rings. The number of aryl methyl sites for hydroxylation is 2. The van der Waals surface area contributed by atoms with E-state index in [2.05, 4.69) is 10.6 Å². The second kappa shape index (κ2) is 7.31. The average Bonchev–Trinajstić information content (AvgIpc) is 2.33. The molecule has 0 saturated carbocycles. The molecule has 0 aliphatic carbocycles. The molecule has 0 unspecified atom stereocenters. The Morgan fingerprint density at radius 1 is 0.864 bits per heavy atom. The first-order valence-corrected chi connectivity index (χ1v) is 6.66. The van der Waals surface area contributed by atoms with E-state index in [0.29, 0.717) is 11.4 Å². The summed E-state index contributed by atoms with van der Waals surface area (Å²) in [4.78, 5) is 23.2. The molecule has 0 bridgehead atoms. The molecule has 0 aliphatic heterocycles. The maximum absolute atomic E-state index is 11.6. The Balaban J connectivity index is 2.97. The molecule has 0 atom stereocenters. The van der Waals surface area contributed by atoms with Crippen molar-refractivity contribution in [1.29, 1.82) is 0 Å². The van der Waals surface area contributed by atoms with Crippen molar-refractivity contribution < 1.29 is 19.8 Å². The SMILES string of the molecule is C/C(O)=C/C(=O)Nc1cc(C)c(NC(=O)/C=C(\C)O)cc1C. The lowest BCUT2D eigenvalue weighted by atomic mass is 10.1. The summed E-state index contributed by atoms with van der Waals surface area (Å²) < 4.78 is 0. The first-order valence-electron chi connectivity index (χ1n) is 6.66. The van der Waals surface area contributed by atoms with Crippen LogP contribution in [0.3, 0.4) is 0 Å². The van der Waals surface area contributed by atoms with Gasteiger partial charge in [0.05, 0.1) is 11.5 Å². The Morgan fingerprint density at radius 3 is 1.45 bits per heavy atom. The topological polar surface area (TPSA) is 98.7 Å². The van der Waals surface area contributed by atoms with Crippen molar-refractivity contribution in [3.63, 3.8) is 0 Å². The number of hydrogen-bond acceptors (Lipinski definition) is 4. The standard InChI is InChI=1S/C16H20N2O4/c1-9-5-14(18-16(22)8-12(4)20)10(2)6-13(9)17-15(21)7-11(3)19/h5-8,19-20H,1-4H3,(H,17,21)(H,18,22)/b11-7-,12-8+. The number of anilines is 2. The molecule has 0 saturated heterocycles. The summed E-state index contributed by atoms with van der Waals surface area (Å²) in [5.41, 5.74) is 2.68. The summed E-state index contributed by atoms with van der Waals surface area (Å²) in [6, 6.07) is 3.44. The van der Waals surface area contributed by atoms with E-state index in [0.717, 1.165) is 23.3 Å². The van der Waals surface area contributed by atoms with Crippen molar-refractivity contribution in [2.45, 2.75) is 27.7 Å². The molecular formula is C16H20N2O4. The third-order valence-electron chi connectivity index (χ3n) is 2.77. The van der Waals surface area contributed by atoms with Crippen molar-refractivity contribution in [2.24, 2.45) is 0 Å². The van der Waals surface area contributed by atoms with Gasteiger partial charge in [0.15, 0.2) is 0 Å². The van der Waals surface area contributed by atoms with Gasteiger partial charge in [-0.3, -0.25) is 9.59 Å². The van der Waals surface area contributed by atoms with Crippen LogP contribution in [0.15, 0.2) is 35.8 Å². The zero-order chi connectivity index (χ0) is 16.9. The van der Waals surface area contributed by atoms with Crippen molar-refractivity contribution in [2.75, 3.05) is 10.6 Å². The number of amides is 2. The largest absolute Gasteiger partial charge is 0.512 e. The number of allylic oxidation sites excluding steroid dienone is 2. The van der Waals surface area contributed by atoms with Gasteiger partial charge in [0.25, 0.3) is 11.8 Å². The van der Waals surface area contributed by atoms with Crippen LogP contribution in [0.25, 0.3) is 0 Å². The van der Waals surface area contributed by atoms with Gasteiger partial charge in [0, 0.05) is 23.5 Å². The van der Waals surface area contributed by atoms with E-state index >= 15 is 0 Å². The molecule has 6 nitrogen and oxygen atoms in total. The van der Waals surface area contributed by atoms with Crippen LogP contribution in [0.2, 0.25) is 0 Å². The Bertz CT molecular complexity index is 595. The van der Waals surface area contributed by atoms with E-state index in [9.17, 15) is 9.59 Å². The average molecular weight is 304 g/mol. The Hall–Kier alpha value is -2.76. The van der Waals surface area contributed by atoms with E-state index in [-0.39, 0.29) is 11.5 Å². The number of hydrogen-bond donors (Lipinski definition) is 4. The van der Waals surface area contributed by atoms with Gasteiger partial charge in [-0.15, -0.1) is 0 Å².